The van der Waals surface area contributed by atoms with Crippen LogP contribution in [0.3, 0.4) is 0 Å². The minimum Gasteiger partial charge on any atom is -0.463 e. The maximum atomic E-state index is 11.2. The molecule has 1 aromatic carbocycles. The summed E-state index contributed by atoms with van der Waals surface area (Å²) in [5, 5.41) is 14.1. The second-order valence-corrected chi connectivity index (χ2v) is 4.47. The topological polar surface area (TPSA) is 94.6 Å². The van der Waals surface area contributed by atoms with Gasteiger partial charge in [-0.3, -0.25) is 10.1 Å². The van der Waals surface area contributed by atoms with E-state index < -0.39 is 10.9 Å². The molecular formula is C13H11ClN2O5. The molecule has 0 unspecified atom stereocenters. The number of esters is 1. The lowest BCUT2D eigenvalue weighted by molar-refractivity contribution is -0.383. The molecule has 0 aliphatic heterocycles. The number of halogens is 1. The van der Waals surface area contributed by atoms with Crippen molar-refractivity contribution in [1.82, 2.24) is 0 Å². The predicted octanol–water partition coefficient (Wildman–Crippen LogP) is 3.24. The number of nitrogens with zero attached hydrogens (tertiary/aromatic N) is 1. The van der Waals surface area contributed by atoms with E-state index in [-0.39, 0.29) is 23.0 Å². The van der Waals surface area contributed by atoms with Crippen LogP contribution in [0, 0.1) is 10.1 Å². The number of rotatable bonds is 5. The molecule has 1 heterocycles. The SMILES string of the molecule is COC(=O)c1ccc(CNc2ccc(Cl)cc2[N+](=O)[O-])o1. The van der Waals surface area contributed by atoms with Gasteiger partial charge in [0.2, 0.25) is 5.76 Å². The number of furan rings is 1. The highest BCUT2D eigenvalue weighted by molar-refractivity contribution is 6.30. The molecule has 0 bridgehead atoms. The summed E-state index contributed by atoms with van der Waals surface area (Å²) < 4.78 is 9.77. The van der Waals surface area contributed by atoms with Gasteiger partial charge in [-0.15, -0.1) is 0 Å². The van der Waals surface area contributed by atoms with Gasteiger partial charge < -0.3 is 14.5 Å². The Labute approximate surface area is 124 Å². The van der Waals surface area contributed by atoms with Gasteiger partial charge in [-0.1, -0.05) is 11.6 Å². The quantitative estimate of drug-likeness (QED) is 0.517. The van der Waals surface area contributed by atoms with Gasteiger partial charge in [0.05, 0.1) is 18.6 Å². The summed E-state index contributed by atoms with van der Waals surface area (Å²) in [6, 6.07) is 7.36. The Bertz CT molecular complexity index is 683. The van der Waals surface area contributed by atoms with Crippen LogP contribution in [-0.2, 0) is 11.3 Å². The summed E-state index contributed by atoms with van der Waals surface area (Å²) in [4.78, 5) is 21.6. The molecule has 0 aliphatic carbocycles. The fraction of sp³-hybridized carbons (Fsp3) is 0.154. The fourth-order valence-electron chi connectivity index (χ4n) is 1.67. The Morgan fingerprint density at radius 3 is 2.86 bits per heavy atom. The van der Waals surface area contributed by atoms with Gasteiger partial charge in [0, 0.05) is 11.1 Å². The molecule has 0 radical (unpaired) electrons. The van der Waals surface area contributed by atoms with Crippen molar-refractivity contribution in [2.75, 3.05) is 12.4 Å². The summed E-state index contributed by atoms with van der Waals surface area (Å²) in [5.41, 5.74) is 0.169. The Hall–Kier alpha value is -2.54. The molecule has 1 N–H and O–H groups in total. The van der Waals surface area contributed by atoms with E-state index in [2.05, 4.69) is 10.1 Å². The van der Waals surface area contributed by atoms with Gasteiger partial charge in [0.1, 0.15) is 11.4 Å². The van der Waals surface area contributed by atoms with Crippen molar-refractivity contribution < 1.29 is 18.9 Å². The monoisotopic (exact) mass is 310 g/mol. The van der Waals surface area contributed by atoms with Gasteiger partial charge in [-0.05, 0) is 24.3 Å². The minimum absolute atomic E-state index is 0.0694. The molecule has 21 heavy (non-hydrogen) atoms. The Balaban J connectivity index is 2.11. The normalized spacial score (nSPS) is 10.2. The highest BCUT2D eigenvalue weighted by atomic mass is 35.5. The number of benzene rings is 1. The molecule has 0 saturated carbocycles. The number of hydrogen-bond donors (Lipinski definition) is 1. The second-order valence-electron chi connectivity index (χ2n) is 4.03. The van der Waals surface area contributed by atoms with E-state index in [0.29, 0.717) is 11.4 Å². The van der Waals surface area contributed by atoms with Gasteiger partial charge in [0.15, 0.2) is 0 Å². The molecular weight excluding hydrogens is 300 g/mol. The Morgan fingerprint density at radius 1 is 1.43 bits per heavy atom. The van der Waals surface area contributed by atoms with Crippen LogP contribution in [0.25, 0.3) is 0 Å². The summed E-state index contributed by atoms with van der Waals surface area (Å²) in [6.45, 7) is 0.180. The van der Waals surface area contributed by atoms with E-state index in [1.807, 2.05) is 0 Å². The fourth-order valence-corrected chi connectivity index (χ4v) is 1.84. The van der Waals surface area contributed by atoms with Crippen LogP contribution >= 0.6 is 11.6 Å². The van der Waals surface area contributed by atoms with Crippen molar-refractivity contribution in [2.24, 2.45) is 0 Å². The molecule has 1 aromatic heterocycles. The molecule has 2 aromatic rings. The van der Waals surface area contributed by atoms with Crippen LogP contribution in [0.1, 0.15) is 16.3 Å². The number of carbonyl (C=O) groups is 1. The van der Waals surface area contributed by atoms with Crippen LogP contribution in [0.4, 0.5) is 11.4 Å². The lowest BCUT2D eigenvalue weighted by Gasteiger charge is -2.05. The molecule has 0 fully saturated rings. The number of ether oxygens (including phenoxy) is 1. The zero-order chi connectivity index (χ0) is 15.4. The van der Waals surface area contributed by atoms with Gasteiger partial charge in [-0.2, -0.15) is 0 Å². The number of anilines is 1. The number of nitro benzene ring substituents is 1. The summed E-state index contributed by atoms with van der Waals surface area (Å²) in [5.74, 6) is -0.0710. The Morgan fingerprint density at radius 2 is 2.19 bits per heavy atom. The number of methoxy groups -OCH3 is 1. The third-order valence-corrected chi connectivity index (χ3v) is 2.89. The maximum Gasteiger partial charge on any atom is 0.373 e. The first kappa shape index (κ1) is 14.9. The van der Waals surface area contributed by atoms with E-state index in [1.165, 1.54) is 25.3 Å². The van der Waals surface area contributed by atoms with E-state index in [4.69, 9.17) is 16.0 Å². The molecule has 0 atom stereocenters. The third-order valence-electron chi connectivity index (χ3n) is 2.66. The highest BCUT2D eigenvalue weighted by Gasteiger charge is 2.15. The molecule has 0 aliphatic rings. The van der Waals surface area contributed by atoms with E-state index >= 15 is 0 Å². The predicted molar refractivity (Wildman–Crippen MR) is 75.5 cm³/mol. The average molecular weight is 311 g/mol. The summed E-state index contributed by atoms with van der Waals surface area (Å²) in [6.07, 6.45) is 0. The molecule has 2 rings (SSSR count). The van der Waals surface area contributed by atoms with Crippen LogP contribution in [0.15, 0.2) is 34.7 Å². The van der Waals surface area contributed by atoms with Crippen LogP contribution in [0.5, 0.6) is 0 Å². The lowest BCUT2D eigenvalue weighted by Crippen LogP contribution is -2.02. The van der Waals surface area contributed by atoms with E-state index in [1.54, 1.807) is 12.1 Å². The first-order valence-electron chi connectivity index (χ1n) is 5.86. The lowest BCUT2D eigenvalue weighted by atomic mass is 10.2. The number of nitrogens with one attached hydrogen (secondary N) is 1. The molecule has 0 saturated heterocycles. The summed E-state index contributed by atoms with van der Waals surface area (Å²) in [7, 11) is 1.25. The smallest absolute Gasteiger partial charge is 0.373 e. The molecule has 8 heteroatoms. The standard InChI is InChI=1S/C13H11ClN2O5/c1-20-13(17)12-5-3-9(21-12)7-15-10-4-2-8(14)6-11(10)16(18)19/h2-6,15H,7H2,1H3. The summed E-state index contributed by atoms with van der Waals surface area (Å²) >= 11 is 5.73. The minimum atomic E-state index is -0.585. The zero-order valence-corrected chi connectivity index (χ0v) is 11.7. The van der Waals surface area contributed by atoms with E-state index in [0.717, 1.165) is 0 Å². The molecule has 0 amide bonds. The van der Waals surface area contributed by atoms with Gasteiger partial charge >= 0.3 is 5.97 Å². The number of hydrogen-bond acceptors (Lipinski definition) is 6. The largest absolute Gasteiger partial charge is 0.463 e. The van der Waals surface area contributed by atoms with Crippen LogP contribution in [0.2, 0.25) is 5.02 Å². The maximum absolute atomic E-state index is 11.2. The van der Waals surface area contributed by atoms with Gasteiger partial charge in [0.25, 0.3) is 5.69 Å². The second kappa shape index (κ2) is 6.27. The van der Waals surface area contributed by atoms with Crippen molar-refractivity contribution in [3.8, 4) is 0 Å². The first-order valence-corrected chi connectivity index (χ1v) is 6.24. The van der Waals surface area contributed by atoms with Crippen molar-refractivity contribution >= 4 is 28.9 Å². The van der Waals surface area contributed by atoms with Crippen molar-refractivity contribution in [3.05, 3.63) is 57.0 Å². The molecule has 110 valence electrons. The third kappa shape index (κ3) is 3.51. The average Bonchev–Trinajstić information content (AvgIpc) is 2.93. The van der Waals surface area contributed by atoms with Crippen LogP contribution in [-0.4, -0.2) is 18.0 Å². The number of carbonyl (C=O) groups excluding carboxylic acids is 1. The zero-order valence-electron chi connectivity index (χ0n) is 11.0. The van der Waals surface area contributed by atoms with Gasteiger partial charge in [-0.25, -0.2) is 4.79 Å². The molecule has 7 nitrogen and oxygen atoms in total. The van der Waals surface area contributed by atoms with Crippen molar-refractivity contribution in [1.29, 1.82) is 0 Å². The van der Waals surface area contributed by atoms with E-state index in [9.17, 15) is 14.9 Å². The van der Waals surface area contributed by atoms with Crippen molar-refractivity contribution in [2.45, 2.75) is 6.54 Å². The van der Waals surface area contributed by atoms with Crippen LogP contribution < -0.4 is 5.32 Å². The first-order chi connectivity index (χ1) is 10.0. The number of nitro groups is 1. The highest BCUT2D eigenvalue weighted by Crippen LogP contribution is 2.28. The van der Waals surface area contributed by atoms with Crippen molar-refractivity contribution in [3.63, 3.8) is 0 Å². The Kier molecular flexibility index (Phi) is 4.44. The molecule has 0 spiro atoms.